The Morgan fingerprint density at radius 2 is 2.08 bits per heavy atom. The SMILES string of the molecule is CN1C(=O)C[C@H](COC(=O)c2cccn2C)[C@@H]1c1cccc(Cl)c1. The number of amides is 1. The van der Waals surface area contributed by atoms with E-state index in [0.717, 1.165) is 5.56 Å². The summed E-state index contributed by atoms with van der Waals surface area (Å²) in [4.78, 5) is 26.0. The van der Waals surface area contributed by atoms with Gasteiger partial charge in [-0.3, -0.25) is 4.79 Å². The molecule has 5 nitrogen and oxygen atoms in total. The van der Waals surface area contributed by atoms with E-state index in [4.69, 9.17) is 16.3 Å². The van der Waals surface area contributed by atoms with Crippen molar-refractivity contribution in [2.75, 3.05) is 13.7 Å². The maximum absolute atomic E-state index is 12.2. The summed E-state index contributed by atoms with van der Waals surface area (Å²) in [5, 5.41) is 0.625. The van der Waals surface area contributed by atoms with Crippen LogP contribution in [-0.2, 0) is 16.6 Å². The van der Waals surface area contributed by atoms with E-state index < -0.39 is 0 Å². The highest BCUT2D eigenvalue weighted by atomic mass is 35.5. The number of benzene rings is 1. The molecule has 1 aliphatic rings. The Hall–Kier alpha value is -2.27. The van der Waals surface area contributed by atoms with Crippen molar-refractivity contribution in [3.8, 4) is 0 Å². The van der Waals surface area contributed by atoms with E-state index in [1.54, 1.807) is 48.0 Å². The molecule has 1 aliphatic heterocycles. The maximum Gasteiger partial charge on any atom is 0.354 e. The molecule has 3 rings (SSSR count). The molecular formula is C18H19ClN2O3. The Kier molecular flexibility index (Phi) is 4.62. The first-order chi connectivity index (χ1) is 11.5. The van der Waals surface area contributed by atoms with Gasteiger partial charge in [-0.25, -0.2) is 4.79 Å². The zero-order chi connectivity index (χ0) is 17.3. The van der Waals surface area contributed by atoms with Crippen LogP contribution < -0.4 is 0 Å². The van der Waals surface area contributed by atoms with Crippen LogP contribution in [0.15, 0.2) is 42.6 Å². The molecule has 2 atom stereocenters. The topological polar surface area (TPSA) is 51.5 Å². The Labute approximate surface area is 145 Å². The number of ether oxygens (including phenoxy) is 1. The minimum atomic E-state index is -0.380. The maximum atomic E-state index is 12.2. The van der Waals surface area contributed by atoms with E-state index in [0.29, 0.717) is 17.1 Å². The predicted molar refractivity (Wildman–Crippen MR) is 90.8 cm³/mol. The van der Waals surface area contributed by atoms with Crippen LogP contribution in [0.2, 0.25) is 5.02 Å². The second-order valence-corrected chi connectivity index (χ2v) is 6.51. The van der Waals surface area contributed by atoms with Crippen molar-refractivity contribution in [1.29, 1.82) is 0 Å². The molecule has 0 aliphatic carbocycles. The van der Waals surface area contributed by atoms with Crippen LogP contribution in [0.4, 0.5) is 0 Å². The van der Waals surface area contributed by atoms with Crippen molar-refractivity contribution in [3.63, 3.8) is 0 Å². The zero-order valence-corrected chi connectivity index (χ0v) is 14.4. The van der Waals surface area contributed by atoms with E-state index in [1.807, 2.05) is 18.2 Å². The zero-order valence-electron chi connectivity index (χ0n) is 13.6. The molecule has 0 saturated carbocycles. The van der Waals surface area contributed by atoms with Gasteiger partial charge in [-0.05, 0) is 29.8 Å². The largest absolute Gasteiger partial charge is 0.461 e. The van der Waals surface area contributed by atoms with Crippen LogP contribution in [0.3, 0.4) is 0 Å². The highest BCUT2D eigenvalue weighted by Gasteiger charge is 2.39. The van der Waals surface area contributed by atoms with E-state index in [-0.39, 0.29) is 30.4 Å². The fourth-order valence-electron chi connectivity index (χ4n) is 3.22. The van der Waals surface area contributed by atoms with E-state index in [1.165, 1.54) is 0 Å². The molecule has 0 spiro atoms. The van der Waals surface area contributed by atoms with Gasteiger partial charge in [0.15, 0.2) is 0 Å². The second kappa shape index (κ2) is 6.69. The standard InChI is InChI=1S/C18H19ClN2O3/c1-20-8-4-7-15(20)18(23)24-11-13-10-16(22)21(2)17(13)12-5-3-6-14(19)9-12/h3-9,13,17H,10-11H2,1-2H3/t13-,17+/m1/s1. The summed E-state index contributed by atoms with van der Waals surface area (Å²) in [5.41, 5.74) is 1.45. The molecule has 1 saturated heterocycles. The molecule has 0 unspecified atom stereocenters. The van der Waals surface area contributed by atoms with E-state index >= 15 is 0 Å². The van der Waals surface area contributed by atoms with Crippen LogP contribution in [0, 0.1) is 5.92 Å². The first kappa shape index (κ1) is 16.6. The van der Waals surface area contributed by atoms with Crippen molar-refractivity contribution in [2.24, 2.45) is 13.0 Å². The number of aryl methyl sites for hydroxylation is 1. The third-order valence-corrected chi connectivity index (χ3v) is 4.70. The number of hydrogen-bond acceptors (Lipinski definition) is 3. The van der Waals surface area contributed by atoms with Crippen LogP contribution in [-0.4, -0.2) is 35.0 Å². The molecule has 0 N–H and O–H groups in total. The number of rotatable bonds is 4. The third-order valence-electron chi connectivity index (χ3n) is 4.47. The number of carbonyl (C=O) groups is 2. The summed E-state index contributed by atoms with van der Waals surface area (Å²) < 4.78 is 7.17. The summed E-state index contributed by atoms with van der Waals surface area (Å²) in [7, 11) is 3.56. The molecule has 6 heteroatoms. The van der Waals surface area contributed by atoms with Crippen LogP contribution >= 0.6 is 11.6 Å². The Balaban J connectivity index is 1.75. The number of aromatic nitrogens is 1. The molecular weight excluding hydrogens is 328 g/mol. The summed E-state index contributed by atoms with van der Waals surface area (Å²) >= 11 is 6.08. The van der Waals surface area contributed by atoms with Gasteiger partial charge >= 0.3 is 5.97 Å². The Morgan fingerprint density at radius 1 is 1.29 bits per heavy atom. The number of esters is 1. The number of halogens is 1. The van der Waals surface area contributed by atoms with Crippen LogP contribution in [0.25, 0.3) is 0 Å². The first-order valence-corrected chi connectivity index (χ1v) is 8.14. The van der Waals surface area contributed by atoms with Gasteiger partial charge in [-0.2, -0.15) is 0 Å². The lowest BCUT2D eigenvalue weighted by molar-refractivity contribution is -0.127. The Morgan fingerprint density at radius 3 is 2.75 bits per heavy atom. The first-order valence-electron chi connectivity index (χ1n) is 7.77. The van der Waals surface area contributed by atoms with Crippen molar-refractivity contribution < 1.29 is 14.3 Å². The number of likely N-dealkylation sites (tertiary alicyclic amines) is 1. The van der Waals surface area contributed by atoms with Gasteiger partial charge < -0.3 is 14.2 Å². The lowest BCUT2D eigenvalue weighted by Gasteiger charge is -2.25. The van der Waals surface area contributed by atoms with Gasteiger partial charge in [-0.15, -0.1) is 0 Å². The van der Waals surface area contributed by atoms with Gasteiger partial charge in [0.2, 0.25) is 5.91 Å². The fraction of sp³-hybridized carbons (Fsp3) is 0.333. The predicted octanol–water partition coefficient (Wildman–Crippen LogP) is 3.05. The molecule has 1 fully saturated rings. The van der Waals surface area contributed by atoms with Crippen LogP contribution in [0.1, 0.15) is 28.5 Å². The molecule has 2 aromatic rings. The number of nitrogens with zero attached hydrogens (tertiary/aromatic N) is 2. The summed E-state index contributed by atoms with van der Waals surface area (Å²) in [6, 6.07) is 10.8. The average molecular weight is 347 g/mol. The highest BCUT2D eigenvalue weighted by Crippen LogP contribution is 2.37. The lowest BCUT2D eigenvalue weighted by atomic mass is 9.94. The molecule has 2 heterocycles. The molecule has 24 heavy (non-hydrogen) atoms. The monoisotopic (exact) mass is 346 g/mol. The van der Waals surface area contributed by atoms with Crippen molar-refractivity contribution >= 4 is 23.5 Å². The summed E-state index contributed by atoms with van der Waals surface area (Å²) in [5.74, 6) is -0.431. The Bertz CT molecular complexity index is 771. The normalized spacial score (nSPS) is 20.5. The smallest absolute Gasteiger partial charge is 0.354 e. The lowest BCUT2D eigenvalue weighted by Crippen LogP contribution is -2.26. The molecule has 1 amide bonds. The fourth-order valence-corrected chi connectivity index (χ4v) is 3.42. The van der Waals surface area contributed by atoms with Crippen molar-refractivity contribution in [1.82, 2.24) is 9.47 Å². The van der Waals surface area contributed by atoms with Gasteiger partial charge in [0.25, 0.3) is 0 Å². The van der Waals surface area contributed by atoms with Crippen molar-refractivity contribution in [3.05, 3.63) is 58.9 Å². The number of hydrogen-bond donors (Lipinski definition) is 0. The molecule has 0 radical (unpaired) electrons. The molecule has 1 aromatic carbocycles. The van der Waals surface area contributed by atoms with Gasteiger partial charge in [-0.1, -0.05) is 23.7 Å². The van der Waals surface area contributed by atoms with Crippen molar-refractivity contribution in [2.45, 2.75) is 12.5 Å². The summed E-state index contributed by atoms with van der Waals surface area (Å²) in [6.45, 7) is 0.192. The van der Waals surface area contributed by atoms with Crippen LogP contribution in [0.5, 0.6) is 0 Å². The minimum Gasteiger partial charge on any atom is -0.461 e. The molecule has 126 valence electrons. The second-order valence-electron chi connectivity index (χ2n) is 6.07. The van der Waals surface area contributed by atoms with Gasteiger partial charge in [0, 0.05) is 37.7 Å². The quantitative estimate of drug-likeness (QED) is 0.799. The third kappa shape index (κ3) is 3.17. The molecule has 0 bridgehead atoms. The summed E-state index contributed by atoms with van der Waals surface area (Å²) in [6.07, 6.45) is 2.15. The van der Waals surface area contributed by atoms with Gasteiger partial charge in [0.05, 0.1) is 12.6 Å². The van der Waals surface area contributed by atoms with Gasteiger partial charge in [0.1, 0.15) is 5.69 Å². The molecule has 1 aromatic heterocycles. The van der Waals surface area contributed by atoms with E-state index in [9.17, 15) is 9.59 Å². The highest BCUT2D eigenvalue weighted by molar-refractivity contribution is 6.30. The van der Waals surface area contributed by atoms with E-state index in [2.05, 4.69) is 0 Å². The average Bonchev–Trinajstić information content (AvgIpc) is 3.09. The minimum absolute atomic E-state index is 0.0416. The number of carbonyl (C=O) groups excluding carboxylic acids is 2.